The molecule has 2 aromatic rings. The number of urea groups is 1. The van der Waals surface area contributed by atoms with Crippen LogP contribution in [-0.2, 0) is 0 Å². The predicted molar refractivity (Wildman–Crippen MR) is 110 cm³/mol. The van der Waals surface area contributed by atoms with E-state index in [1.54, 1.807) is 0 Å². The van der Waals surface area contributed by atoms with Crippen molar-refractivity contribution >= 4 is 23.5 Å². The Labute approximate surface area is 160 Å². The van der Waals surface area contributed by atoms with Crippen LogP contribution < -0.4 is 15.5 Å². The molecule has 0 radical (unpaired) electrons. The molecule has 1 aromatic carbocycles. The Morgan fingerprint density at radius 3 is 2.52 bits per heavy atom. The summed E-state index contributed by atoms with van der Waals surface area (Å²) in [5.41, 5.74) is 4.02. The van der Waals surface area contributed by atoms with Crippen molar-refractivity contribution < 1.29 is 4.79 Å². The molecule has 1 fully saturated rings. The zero-order chi connectivity index (χ0) is 19.4. The van der Waals surface area contributed by atoms with Crippen LogP contribution in [0.2, 0.25) is 0 Å². The third-order valence-corrected chi connectivity index (χ3v) is 4.70. The number of nitrogens with zero attached hydrogens (tertiary/aromatic N) is 4. The van der Waals surface area contributed by atoms with Crippen LogP contribution in [0.1, 0.15) is 23.7 Å². The fourth-order valence-electron chi connectivity index (χ4n) is 3.15. The quantitative estimate of drug-likeness (QED) is 0.867. The fourth-order valence-corrected chi connectivity index (χ4v) is 3.15. The molecule has 0 spiro atoms. The van der Waals surface area contributed by atoms with E-state index in [2.05, 4.69) is 31.6 Å². The van der Waals surface area contributed by atoms with Crippen molar-refractivity contribution in [2.45, 2.75) is 27.7 Å². The largest absolute Gasteiger partial charge is 0.354 e. The normalized spacial score (nSPS) is 14.2. The third-order valence-electron chi connectivity index (χ3n) is 4.70. The van der Waals surface area contributed by atoms with Gasteiger partial charge in [0, 0.05) is 50.2 Å². The maximum absolute atomic E-state index is 12.6. The van der Waals surface area contributed by atoms with Crippen molar-refractivity contribution in [1.29, 1.82) is 0 Å². The summed E-state index contributed by atoms with van der Waals surface area (Å²) in [6.07, 6.45) is 0. The first-order chi connectivity index (χ1) is 13.0. The molecule has 7 heteroatoms. The molecule has 1 aromatic heterocycles. The van der Waals surface area contributed by atoms with Gasteiger partial charge in [0.25, 0.3) is 0 Å². The van der Waals surface area contributed by atoms with Crippen molar-refractivity contribution in [2.24, 2.45) is 0 Å². The molecule has 1 aliphatic heterocycles. The van der Waals surface area contributed by atoms with E-state index in [1.165, 1.54) is 0 Å². The van der Waals surface area contributed by atoms with Gasteiger partial charge in [-0.15, -0.1) is 0 Å². The van der Waals surface area contributed by atoms with Crippen molar-refractivity contribution in [2.75, 3.05) is 48.3 Å². The average molecular weight is 368 g/mol. The number of hydrogen-bond donors (Lipinski definition) is 2. The van der Waals surface area contributed by atoms with Crippen LogP contribution in [-0.4, -0.2) is 53.6 Å². The highest BCUT2D eigenvalue weighted by Gasteiger charge is 2.23. The Morgan fingerprint density at radius 2 is 1.81 bits per heavy atom. The molecule has 3 rings (SSSR count). The second kappa shape index (κ2) is 8.24. The van der Waals surface area contributed by atoms with Gasteiger partial charge < -0.3 is 20.4 Å². The molecule has 144 valence electrons. The lowest BCUT2D eigenvalue weighted by molar-refractivity contribution is 0.208. The topological polar surface area (TPSA) is 73.4 Å². The van der Waals surface area contributed by atoms with Gasteiger partial charge in [0.2, 0.25) is 5.95 Å². The molecule has 0 bridgehead atoms. The molecule has 27 heavy (non-hydrogen) atoms. The van der Waals surface area contributed by atoms with Gasteiger partial charge in [-0.25, -0.2) is 9.78 Å². The van der Waals surface area contributed by atoms with E-state index in [0.717, 1.165) is 48.0 Å². The fraction of sp³-hybridized carbons (Fsp3) is 0.450. The molecular formula is C20H28N6O. The number of rotatable bonds is 4. The van der Waals surface area contributed by atoms with Crippen molar-refractivity contribution in [3.8, 4) is 0 Å². The SMILES string of the molecule is CCNc1nc(C)cc(N2CCN(C(=O)Nc3cc(C)ccc3C)CC2)n1. The van der Waals surface area contributed by atoms with Gasteiger partial charge >= 0.3 is 6.03 Å². The molecule has 0 atom stereocenters. The number of benzene rings is 1. The van der Waals surface area contributed by atoms with Crippen LogP contribution >= 0.6 is 0 Å². The van der Waals surface area contributed by atoms with Crippen LogP contribution in [0, 0.1) is 20.8 Å². The number of amides is 2. The maximum Gasteiger partial charge on any atom is 0.321 e. The Morgan fingerprint density at radius 1 is 1.07 bits per heavy atom. The first-order valence-corrected chi connectivity index (χ1v) is 9.44. The van der Waals surface area contributed by atoms with Gasteiger partial charge in [0.1, 0.15) is 5.82 Å². The van der Waals surface area contributed by atoms with E-state index in [9.17, 15) is 4.79 Å². The second-order valence-electron chi connectivity index (χ2n) is 6.94. The molecule has 0 aliphatic carbocycles. The summed E-state index contributed by atoms with van der Waals surface area (Å²) in [4.78, 5) is 25.7. The number of carbonyl (C=O) groups is 1. The van der Waals surface area contributed by atoms with Gasteiger partial charge in [-0.1, -0.05) is 12.1 Å². The van der Waals surface area contributed by atoms with Crippen LogP contribution in [0.25, 0.3) is 0 Å². The number of piperazine rings is 1. The Bertz CT molecular complexity index is 814. The zero-order valence-electron chi connectivity index (χ0n) is 16.5. The number of carbonyl (C=O) groups excluding carboxylic acids is 1. The van der Waals surface area contributed by atoms with Crippen LogP contribution in [0.5, 0.6) is 0 Å². The van der Waals surface area contributed by atoms with E-state index in [-0.39, 0.29) is 6.03 Å². The predicted octanol–water partition coefficient (Wildman–Crippen LogP) is 3.19. The highest BCUT2D eigenvalue weighted by Crippen LogP contribution is 2.19. The summed E-state index contributed by atoms with van der Waals surface area (Å²) in [5.74, 6) is 1.57. The maximum atomic E-state index is 12.6. The summed E-state index contributed by atoms with van der Waals surface area (Å²) in [5, 5.41) is 6.21. The van der Waals surface area contributed by atoms with E-state index in [1.807, 2.05) is 50.8 Å². The molecule has 7 nitrogen and oxygen atoms in total. The first kappa shape index (κ1) is 18.9. The lowest BCUT2D eigenvalue weighted by Gasteiger charge is -2.35. The standard InChI is InChI=1S/C20H28N6O/c1-5-21-19-22-16(4)13-18(24-19)25-8-10-26(11-9-25)20(27)23-17-12-14(2)6-7-15(17)3/h6-7,12-13H,5,8-11H2,1-4H3,(H,23,27)(H,21,22,24). The Kier molecular flexibility index (Phi) is 5.78. The van der Waals surface area contributed by atoms with Crippen LogP contribution in [0.4, 0.5) is 22.2 Å². The second-order valence-corrected chi connectivity index (χ2v) is 6.94. The number of anilines is 3. The summed E-state index contributed by atoms with van der Waals surface area (Å²) >= 11 is 0. The minimum atomic E-state index is -0.0458. The molecule has 1 aliphatic rings. The van der Waals surface area contributed by atoms with Gasteiger partial charge in [0.15, 0.2) is 0 Å². The number of nitrogens with one attached hydrogen (secondary N) is 2. The Hall–Kier alpha value is -2.83. The number of hydrogen-bond acceptors (Lipinski definition) is 5. The smallest absolute Gasteiger partial charge is 0.321 e. The summed E-state index contributed by atoms with van der Waals surface area (Å²) in [6, 6.07) is 8.04. The van der Waals surface area contributed by atoms with Gasteiger partial charge in [-0.2, -0.15) is 4.98 Å². The van der Waals surface area contributed by atoms with E-state index in [0.29, 0.717) is 19.0 Å². The third kappa shape index (κ3) is 4.67. The molecule has 2 N–H and O–H groups in total. The lowest BCUT2D eigenvalue weighted by Crippen LogP contribution is -2.50. The minimum absolute atomic E-state index is 0.0458. The van der Waals surface area contributed by atoms with Crippen molar-refractivity contribution in [1.82, 2.24) is 14.9 Å². The summed E-state index contributed by atoms with van der Waals surface area (Å²) in [6.45, 7) is 11.6. The minimum Gasteiger partial charge on any atom is -0.354 e. The van der Waals surface area contributed by atoms with Crippen molar-refractivity contribution in [3.05, 3.63) is 41.1 Å². The van der Waals surface area contributed by atoms with Gasteiger partial charge in [0.05, 0.1) is 0 Å². The van der Waals surface area contributed by atoms with Gasteiger partial charge in [-0.3, -0.25) is 0 Å². The molecule has 2 heterocycles. The highest BCUT2D eigenvalue weighted by atomic mass is 16.2. The van der Waals surface area contributed by atoms with Gasteiger partial charge in [-0.05, 0) is 44.9 Å². The van der Waals surface area contributed by atoms with Crippen molar-refractivity contribution in [3.63, 3.8) is 0 Å². The zero-order valence-corrected chi connectivity index (χ0v) is 16.5. The number of aryl methyl sites for hydroxylation is 3. The van der Waals surface area contributed by atoms with E-state index >= 15 is 0 Å². The molecule has 0 unspecified atom stereocenters. The molecule has 0 saturated carbocycles. The summed E-state index contributed by atoms with van der Waals surface area (Å²) in [7, 11) is 0. The van der Waals surface area contributed by atoms with E-state index < -0.39 is 0 Å². The monoisotopic (exact) mass is 368 g/mol. The average Bonchev–Trinajstić information content (AvgIpc) is 2.64. The summed E-state index contributed by atoms with van der Waals surface area (Å²) < 4.78 is 0. The number of aromatic nitrogens is 2. The van der Waals surface area contributed by atoms with E-state index in [4.69, 9.17) is 0 Å². The molecule has 1 saturated heterocycles. The first-order valence-electron chi connectivity index (χ1n) is 9.44. The molecular weight excluding hydrogens is 340 g/mol. The molecule has 2 amide bonds. The van der Waals surface area contributed by atoms with Crippen LogP contribution in [0.15, 0.2) is 24.3 Å². The highest BCUT2D eigenvalue weighted by molar-refractivity contribution is 5.90. The Balaban J connectivity index is 1.61. The lowest BCUT2D eigenvalue weighted by atomic mass is 10.1. The van der Waals surface area contributed by atoms with Crippen LogP contribution in [0.3, 0.4) is 0 Å².